The second-order valence-corrected chi connectivity index (χ2v) is 13.3. The number of cyclic esters (lactones) is 1. The van der Waals surface area contributed by atoms with Gasteiger partial charge in [0.2, 0.25) is 0 Å². The van der Waals surface area contributed by atoms with Crippen molar-refractivity contribution in [3.8, 4) is 0 Å². The number of ketones is 1. The summed E-state index contributed by atoms with van der Waals surface area (Å²) in [4.78, 5) is 31.3. The Kier molecular flexibility index (Phi) is 8.33. The molecule has 0 aromatic carbocycles. The molecule has 5 rings (SSSR count). The summed E-state index contributed by atoms with van der Waals surface area (Å²) < 4.78 is 32.4. The molecule has 4 heterocycles. The van der Waals surface area contributed by atoms with Gasteiger partial charge in [0.1, 0.15) is 11.6 Å². The van der Waals surface area contributed by atoms with Crippen molar-refractivity contribution >= 4 is 29.2 Å². The van der Waals surface area contributed by atoms with Gasteiger partial charge >= 0.3 is 5.97 Å². The van der Waals surface area contributed by atoms with Gasteiger partial charge in [-0.25, -0.2) is 9.37 Å². The van der Waals surface area contributed by atoms with Gasteiger partial charge in [0, 0.05) is 17.7 Å². The fourth-order valence-electron chi connectivity index (χ4n) is 6.36. The molecule has 2 N–H and O–H groups in total. The molecule has 1 aromatic rings. The number of thiazole rings is 1. The second-order valence-electron chi connectivity index (χ2n) is 12.2. The first-order chi connectivity index (χ1) is 18.5. The van der Waals surface area contributed by atoms with Gasteiger partial charge in [-0.2, -0.15) is 0 Å². The van der Waals surface area contributed by atoms with E-state index in [0.717, 1.165) is 17.8 Å². The third-order valence-corrected chi connectivity index (χ3v) is 10.1. The van der Waals surface area contributed by atoms with E-state index in [9.17, 15) is 19.8 Å². The lowest BCUT2D eigenvalue weighted by atomic mass is 9.58. The van der Waals surface area contributed by atoms with E-state index in [1.807, 2.05) is 20.8 Å². The third-order valence-electron chi connectivity index (χ3n) is 9.29. The van der Waals surface area contributed by atoms with Gasteiger partial charge in [0.15, 0.2) is 6.10 Å². The molecule has 1 saturated carbocycles. The molecule has 1 spiro atoms. The van der Waals surface area contributed by atoms with Crippen molar-refractivity contribution in [3.63, 3.8) is 0 Å². The molecule has 3 unspecified atom stereocenters. The van der Waals surface area contributed by atoms with Gasteiger partial charge in [-0.3, -0.25) is 9.59 Å². The molecule has 39 heavy (non-hydrogen) atoms. The number of ether oxygens (including phenoxy) is 3. The smallest absolute Gasteiger partial charge is 0.309 e. The zero-order valence-electron chi connectivity index (χ0n) is 22.9. The highest BCUT2D eigenvalue weighted by atomic mass is 32.1. The molecule has 0 radical (unpaired) electrons. The Morgan fingerprint density at radius 2 is 2.00 bits per heavy atom. The molecule has 10 heteroatoms. The van der Waals surface area contributed by atoms with Crippen molar-refractivity contribution in [2.45, 2.75) is 115 Å². The van der Waals surface area contributed by atoms with Gasteiger partial charge in [0.25, 0.3) is 0 Å². The van der Waals surface area contributed by atoms with Crippen LogP contribution in [-0.4, -0.2) is 69.7 Å². The van der Waals surface area contributed by atoms with E-state index in [1.54, 1.807) is 5.38 Å². The molecular weight excluding hydrogens is 525 g/mol. The van der Waals surface area contributed by atoms with Gasteiger partial charge < -0.3 is 24.4 Å². The summed E-state index contributed by atoms with van der Waals surface area (Å²) in [5, 5.41) is 25.1. The molecule has 8 atom stereocenters. The topological polar surface area (TPSA) is 122 Å². The highest BCUT2D eigenvalue weighted by Gasteiger charge is 2.56. The zero-order valence-corrected chi connectivity index (χ0v) is 23.8. The molecule has 0 bridgehead atoms. The molecule has 4 fully saturated rings. The maximum atomic E-state index is 15.5. The number of halogens is 1. The van der Waals surface area contributed by atoms with Crippen LogP contribution in [0.4, 0.5) is 4.39 Å². The number of aliphatic hydroxyl groups excluding tert-OH is 2. The maximum absolute atomic E-state index is 15.5. The maximum Gasteiger partial charge on any atom is 0.309 e. The molecule has 8 nitrogen and oxygen atoms in total. The Hall–Kier alpha value is -1.72. The van der Waals surface area contributed by atoms with Crippen LogP contribution in [0.3, 0.4) is 0 Å². The minimum Gasteiger partial charge on any atom is -0.455 e. The highest BCUT2D eigenvalue weighted by Crippen LogP contribution is 2.50. The summed E-state index contributed by atoms with van der Waals surface area (Å²) in [5.74, 6) is -2.41. The Labute approximate surface area is 232 Å². The number of nitrogens with zero attached hydrogens (tertiary/aromatic N) is 1. The number of hydrogen-bond donors (Lipinski definition) is 2. The molecule has 1 aliphatic carbocycles. The summed E-state index contributed by atoms with van der Waals surface area (Å²) in [7, 11) is 0. The summed E-state index contributed by atoms with van der Waals surface area (Å²) >= 11 is 1.40. The number of hydrogen-bond acceptors (Lipinski definition) is 9. The molecule has 3 saturated heterocycles. The molecule has 216 valence electrons. The van der Waals surface area contributed by atoms with Gasteiger partial charge in [-0.15, -0.1) is 11.3 Å². The van der Waals surface area contributed by atoms with E-state index in [0.29, 0.717) is 44.4 Å². The number of Topliss-reactive ketones (excluding diaryl/α,β-unsaturated/α-hetero) is 1. The molecule has 4 aliphatic rings. The number of aryl methyl sites for hydroxylation is 1. The van der Waals surface area contributed by atoms with Crippen molar-refractivity contribution < 1.29 is 38.4 Å². The quantitative estimate of drug-likeness (QED) is 0.410. The van der Waals surface area contributed by atoms with Crippen LogP contribution in [0.1, 0.15) is 82.3 Å². The van der Waals surface area contributed by atoms with Crippen molar-refractivity contribution in [2.75, 3.05) is 6.61 Å². The fraction of sp³-hybridized carbons (Fsp3) is 0.759. The minimum atomic E-state index is -1.28. The third kappa shape index (κ3) is 6.30. The van der Waals surface area contributed by atoms with Crippen molar-refractivity contribution in [1.82, 2.24) is 4.98 Å². The summed E-state index contributed by atoms with van der Waals surface area (Å²) in [6.07, 6.45) is 1.54. The summed E-state index contributed by atoms with van der Waals surface area (Å²) in [6, 6.07) is 0. The van der Waals surface area contributed by atoms with Crippen LogP contribution in [0.15, 0.2) is 11.2 Å². The molecule has 1 aromatic heterocycles. The lowest BCUT2D eigenvalue weighted by Gasteiger charge is -2.46. The Balaban J connectivity index is 1.40. The Bertz CT molecular complexity index is 1100. The van der Waals surface area contributed by atoms with Crippen molar-refractivity contribution in [1.29, 1.82) is 0 Å². The first-order valence-corrected chi connectivity index (χ1v) is 15.1. The van der Waals surface area contributed by atoms with E-state index in [1.165, 1.54) is 17.4 Å². The van der Waals surface area contributed by atoms with Crippen LogP contribution < -0.4 is 0 Å². The monoisotopic (exact) mass is 565 g/mol. The minimum absolute atomic E-state index is 0.0674. The lowest BCUT2D eigenvalue weighted by Crippen LogP contribution is -2.54. The summed E-state index contributed by atoms with van der Waals surface area (Å²) in [5.41, 5.74) is -1.14. The Morgan fingerprint density at radius 3 is 2.62 bits per heavy atom. The van der Waals surface area contributed by atoms with Crippen molar-refractivity contribution in [3.05, 3.63) is 21.9 Å². The van der Waals surface area contributed by atoms with E-state index in [-0.39, 0.29) is 30.3 Å². The van der Waals surface area contributed by atoms with E-state index in [2.05, 4.69) is 4.98 Å². The van der Waals surface area contributed by atoms with Crippen LogP contribution in [0.25, 0.3) is 6.08 Å². The number of carbonyl (C=O) groups is 2. The van der Waals surface area contributed by atoms with Crippen LogP contribution in [-0.2, 0) is 23.8 Å². The normalized spacial score (nSPS) is 39.5. The van der Waals surface area contributed by atoms with Crippen LogP contribution >= 0.6 is 11.3 Å². The van der Waals surface area contributed by atoms with Gasteiger partial charge in [0.05, 0.1) is 59.2 Å². The number of fused-ring (bicyclic) bond motifs is 1. The number of esters is 1. The average molecular weight is 566 g/mol. The predicted octanol–water partition coefficient (Wildman–Crippen LogP) is 4.30. The number of carbonyl (C=O) groups excluding carboxylic acids is 2. The molecule has 3 aliphatic heterocycles. The van der Waals surface area contributed by atoms with Crippen LogP contribution in [0, 0.1) is 24.2 Å². The average Bonchev–Trinajstić information content (AvgIpc) is 3.74. The van der Waals surface area contributed by atoms with E-state index < -0.39 is 53.5 Å². The first kappa shape index (κ1) is 28.8. The fourth-order valence-corrected chi connectivity index (χ4v) is 6.93. The first-order valence-electron chi connectivity index (χ1n) is 14.2. The predicted molar refractivity (Wildman–Crippen MR) is 142 cm³/mol. The highest BCUT2D eigenvalue weighted by molar-refractivity contribution is 7.09. The Morgan fingerprint density at radius 1 is 1.26 bits per heavy atom. The summed E-state index contributed by atoms with van der Waals surface area (Å²) in [6.45, 7) is 6.31. The van der Waals surface area contributed by atoms with E-state index in [4.69, 9.17) is 14.2 Å². The number of aliphatic hydroxyl groups is 2. The van der Waals surface area contributed by atoms with E-state index >= 15 is 4.39 Å². The number of rotatable bonds is 4. The van der Waals surface area contributed by atoms with Gasteiger partial charge in [-0.1, -0.05) is 19.8 Å². The number of aromatic nitrogens is 1. The standard InChI is InChI=1S/C29H40FNO7S/c1-16-6-4-7-28(3)24(38-28)12-22(21(30)10-18-15-39-17(2)31-18)37-25(33)13-23(32)29(8-5-9-29)27(35)20(26(16)34)11-19-14-36-19/h10,15-16,19-20,22-24,26,32,34H,4-9,11-14H2,1-3H3/t16-,19?,20+,22-,23-,24?,26+,28?/m0/s1. The van der Waals surface area contributed by atoms with Gasteiger partial charge in [-0.05, 0) is 57.9 Å². The number of epoxide rings is 2. The molecule has 0 amide bonds. The van der Waals surface area contributed by atoms with Crippen LogP contribution in [0.5, 0.6) is 0 Å². The second kappa shape index (κ2) is 11.3. The van der Waals surface area contributed by atoms with Crippen LogP contribution in [0.2, 0.25) is 0 Å². The molecular formula is C29H40FNO7S. The largest absolute Gasteiger partial charge is 0.455 e. The lowest BCUT2D eigenvalue weighted by molar-refractivity contribution is -0.162. The zero-order chi connectivity index (χ0) is 27.9. The van der Waals surface area contributed by atoms with Crippen molar-refractivity contribution in [2.24, 2.45) is 17.3 Å². The SMILES string of the molecule is Cc1nc(C=C(F)[C@@H]2CC3OC3(C)CCC[C@H](C)[C@@H](O)[C@@H](CC3CO3)C(=O)C3(CCC3)[C@@H](O)CC(=O)O2)cs1.